The van der Waals surface area contributed by atoms with E-state index in [2.05, 4.69) is 83.3 Å². The van der Waals surface area contributed by atoms with Gasteiger partial charge in [0.2, 0.25) is 0 Å². The molecular formula is C16H33IO2Si. The summed E-state index contributed by atoms with van der Waals surface area (Å²) in [7, 11) is 0.0483. The molecule has 0 saturated heterocycles. The summed E-state index contributed by atoms with van der Waals surface area (Å²) in [6.45, 7) is 18.0. The zero-order valence-electron chi connectivity index (χ0n) is 14.7. The second-order valence-electron chi connectivity index (χ2n) is 7.29. The van der Waals surface area contributed by atoms with Gasteiger partial charge in [0.15, 0.2) is 8.32 Å². The molecule has 0 unspecified atom stereocenters. The van der Waals surface area contributed by atoms with Crippen LogP contribution in [0.25, 0.3) is 0 Å². The molecule has 0 fully saturated rings. The van der Waals surface area contributed by atoms with Crippen molar-refractivity contribution in [1.82, 2.24) is 0 Å². The van der Waals surface area contributed by atoms with Crippen molar-refractivity contribution >= 4 is 30.9 Å². The van der Waals surface area contributed by atoms with E-state index < -0.39 is 8.32 Å². The lowest BCUT2D eigenvalue weighted by Gasteiger charge is -2.41. The number of hydrogen-bond donors (Lipinski definition) is 0. The van der Waals surface area contributed by atoms with E-state index in [0.717, 1.165) is 4.43 Å². The Bertz CT molecular complexity index is 321. The van der Waals surface area contributed by atoms with Gasteiger partial charge in [-0.2, -0.15) is 0 Å². The van der Waals surface area contributed by atoms with Crippen LogP contribution >= 0.6 is 22.6 Å². The summed E-state index contributed by atoms with van der Waals surface area (Å²) < 4.78 is 13.3. The number of alkyl halides is 1. The predicted molar refractivity (Wildman–Crippen MR) is 100 cm³/mol. The molecule has 0 saturated carbocycles. The second-order valence-corrected chi connectivity index (χ2v) is 12.8. The minimum Gasteiger partial charge on any atom is -0.412 e. The van der Waals surface area contributed by atoms with Crippen LogP contribution in [0.5, 0.6) is 0 Å². The lowest BCUT2D eigenvalue weighted by Crippen LogP contribution is -2.47. The molecular weight excluding hydrogens is 379 g/mol. The molecule has 20 heavy (non-hydrogen) atoms. The third kappa shape index (κ3) is 6.16. The van der Waals surface area contributed by atoms with Gasteiger partial charge in [-0.1, -0.05) is 61.9 Å². The van der Waals surface area contributed by atoms with Gasteiger partial charge in [-0.15, -0.1) is 0 Å². The smallest absolute Gasteiger partial charge is 0.192 e. The lowest BCUT2D eigenvalue weighted by atomic mass is 9.98. The summed E-state index contributed by atoms with van der Waals surface area (Å²) in [5, 5.41) is 0.233. The Kier molecular flexibility index (Phi) is 8.55. The Labute approximate surface area is 141 Å². The van der Waals surface area contributed by atoms with E-state index in [4.69, 9.17) is 9.16 Å². The first kappa shape index (κ1) is 20.6. The summed E-state index contributed by atoms with van der Waals surface area (Å²) in [6.07, 6.45) is 2.54. The molecule has 0 aliphatic rings. The van der Waals surface area contributed by atoms with E-state index in [0.29, 0.717) is 5.92 Å². The first-order valence-electron chi connectivity index (χ1n) is 7.40. The monoisotopic (exact) mass is 412 g/mol. The highest BCUT2D eigenvalue weighted by atomic mass is 127. The molecule has 0 bridgehead atoms. The third-order valence-electron chi connectivity index (χ3n) is 4.30. The zero-order chi connectivity index (χ0) is 16.1. The molecule has 2 nitrogen and oxygen atoms in total. The zero-order valence-corrected chi connectivity index (χ0v) is 17.9. The van der Waals surface area contributed by atoms with Gasteiger partial charge >= 0.3 is 0 Å². The Balaban J connectivity index is 4.92. The van der Waals surface area contributed by atoms with Crippen molar-refractivity contribution in [2.24, 2.45) is 5.92 Å². The molecule has 0 heterocycles. The number of ether oxygens (including phenoxy) is 1. The van der Waals surface area contributed by atoms with Crippen molar-refractivity contribution in [1.29, 1.82) is 0 Å². The fraction of sp³-hybridized carbons (Fsp3) is 0.875. The van der Waals surface area contributed by atoms with Crippen molar-refractivity contribution in [3.8, 4) is 0 Å². The van der Waals surface area contributed by atoms with Gasteiger partial charge in [0.25, 0.3) is 0 Å². The van der Waals surface area contributed by atoms with Gasteiger partial charge in [-0.3, -0.25) is 0 Å². The van der Waals surface area contributed by atoms with Gasteiger partial charge in [0.05, 0.1) is 12.2 Å². The highest BCUT2D eigenvalue weighted by Crippen LogP contribution is 2.38. The average molecular weight is 412 g/mol. The number of halogens is 1. The number of allylic oxidation sites excluding steroid dienone is 1. The van der Waals surface area contributed by atoms with Crippen LogP contribution in [0.15, 0.2) is 11.6 Å². The van der Waals surface area contributed by atoms with E-state index >= 15 is 0 Å². The van der Waals surface area contributed by atoms with Crippen molar-refractivity contribution in [3.05, 3.63) is 11.6 Å². The molecule has 0 aliphatic heterocycles. The Hall–Kier alpha value is 0.607. The Morgan fingerprint density at radius 3 is 2.10 bits per heavy atom. The number of methoxy groups -OCH3 is 1. The molecule has 0 N–H and O–H groups in total. The number of rotatable bonds is 7. The van der Waals surface area contributed by atoms with Gasteiger partial charge in [0.1, 0.15) is 0 Å². The maximum Gasteiger partial charge on any atom is 0.192 e. The summed E-state index contributed by atoms with van der Waals surface area (Å²) in [5.41, 5.74) is 1.40. The van der Waals surface area contributed by atoms with Crippen LogP contribution < -0.4 is 0 Å². The van der Waals surface area contributed by atoms with Gasteiger partial charge in [0, 0.05) is 17.5 Å². The van der Waals surface area contributed by atoms with E-state index in [1.165, 1.54) is 5.57 Å². The molecule has 120 valence electrons. The van der Waals surface area contributed by atoms with Crippen molar-refractivity contribution in [2.45, 2.75) is 71.9 Å². The van der Waals surface area contributed by atoms with E-state index in [9.17, 15) is 0 Å². The Morgan fingerprint density at radius 2 is 1.75 bits per heavy atom. The van der Waals surface area contributed by atoms with Crippen LogP contribution in [0, 0.1) is 5.92 Å². The normalized spacial score (nSPS) is 18.8. The maximum absolute atomic E-state index is 6.47. The largest absolute Gasteiger partial charge is 0.412 e. The molecule has 4 heteroatoms. The minimum atomic E-state index is -1.74. The summed E-state index contributed by atoms with van der Waals surface area (Å²) >= 11 is 2.40. The first-order valence-corrected chi connectivity index (χ1v) is 11.8. The highest BCUT2D eigenvalue weighted by Gasteiger charge is 2.40. The molecule has 0 radical (unpaired) electrons. The standard InChI is InChI=1S/C16H33IO2Si/c1-12(11-17)10-13(2)15(18-7)14(3)19-20(8,9)16(4,5)6/h10,13-15H,11H2,1-9H3/b12-10+/t13-,14+,15+/m0/s1. The third-order valence-corrected chi connectivity index (χ3v) is 10.1. The van der Waals surface area contributed by atoms with E-state index in [1.54, 1.807) is 7.11 Å². The van der Waals surface area contributed by atoms with Crippen molar-refractivity contribution in [3.63, 3.8) is 0 Å². The highest BCUT2D eigenvalue weighted by molar-refractivity contribution is 14.1. The van der Waals surface area contributed by atoms with Crippen LogP contribution in [-0.2, 0) is 9.16 Å². The molecule has 0 aromatic heterocycles. The molecule has 0 aliphatic carbocycles. The van der Waals surface area contributed by atoms with Gasteiger partial charge in [-0.05, 0) is 32.0 Å². The lowest BCUT2D eigenvalue weighted by molar-refractivity contribution is -0.0162. The quantitative estimate of drug-likeness (QED) is 0.240. The van der Waals surface area contributed by atoms with Crippen molar-refractivity contribution < 1.29 is 9.16 Å². The average Bonchev–Trinajstić information content (AvgIpc) is 2.27. The minimum absolute atomic E-state index is 0.113. The summed E-state index contributed by atoms with van der Waals surface area (Å²) in [5.74, 6) is 0.370. The molecule has 0 aromatic carbocycles. The SMILES string of the molecule is CO[C@H]([C@@H](C)/C=C(\C)CI)[C@@H](C)O[Si](C)(C)C(C)(C)C. The van der Waals surface area contributed by atoms with Crippen LogP contribution in [0.2, 0.25) is 18.1 Å². The number of hydrogen-bond acceptors (Lipinski definition) is 2. The van der Waals surface area contributed by atoms with Crippen molar-refractivity contribution in [2.75, 3.05) is 11.5 Å². The van der Waals surface area contributed by atoms with Crippen LogP contribution in [0.4, 0.5) is 0 Å². The summed E-state index contributed by atoms with van der Waals surface area (Å²) in [4.78, 5) is 0. The Morgan fingerprint density at radius 1 is 1.25 bits per heavy atom. The maximum atomic E-state index is 6.47. The van der Waals surface area contributed by atoms with Crippen LogP contribution in [0.1, 0.15) is 41.5 Å². The topological polar surface area (TPSA) is 18.5 Å². The fourth-order valence-electron chi connectivity index (χ4n) is 2.13. The molecule has 0 rings (SSSR count). The van der Waals surface area contributed by atoms with Gasteiger partial charge in [-0.25, -0.2) is 0 Å². The molecule has 3 atom stereocenters. The van der Waals surface area contributed by atoms with E-state index in [1.807, 2.05) is 0 Å². The van der Waals surface area contributed by atoms with E-state index in [-0.39, 0.29) is 17.2 Å². The predicted octanol–water partition coefficient (Wildman–Crippen LogP) is 5.43. The van der Waals surface area contributed by atoms with Crippen LogP contribution in [-0.4, -0.2) is 32.1 Å². The molecule has 0 spiro atoms. The first-order chi connectivity index (χ1) is 8.96. The summed E-state index contributed by atoms with van der Waals surface area (Å²) in [6, 6.07) is 0. The fourth-order valence-corrected chi connectivity index (χ4v) is 3.80. The molecule has 0 aromatic rings. The van der Waals surface area contributed by atoms with Gasteiger partial charge < -0.3 is 9.16 Å². The second kappa shape index (κ2) is 8.29. The molecule has 0 amide bonds. The van der Waals surface area contributed by atoms with Crippen LogP contribution in [0.3, 0.4) is 0 Å².